The number of halogens is 1. The topological polar surface area (TPSA) is 89.9 Å². The first-order valence-corrected chi connectivity index (χ1v) is 12.0. The van der Waals surface area contributed by atoms with Crippen molar-refractivity contribution in [2.75, 3.05) is 14.2 Å². The molecule has 1 aromatic heterocycles. The Morgan fingerprint density at radius 1 is 1.10 bits per heavy atom. The second kappa shape index (κ2) is 8.90. The fourth-order valence-corrected chi connectivity index (χ4v) is 6.55. The van der Waals surface area contributed by atoms with E-state index in [0.29, 0.717) is 15.5 Å². The van der Waals surface area contributed by atoms with Crippen LogP contribution in [0.15, 0.2) is 40.6 Å². The summed E-state index contributed by atoms with van der Waals surface area (Å²) in [6, 6.07) is 9.42. The zero-order valence-corrected chi connectivity index (χ0v) is 19.7. The standard InChI is InChI=1S/C22H21ClO6S2/c1-12-7-15(8-13(2)20(12)28-3)17-10-19(30-21(17)23)31(26,27)11-14-5-6-16(18(24)9-14)22(25)29-4/h5-10,24H,11H2,1-4H3. The average molecular weight is 481 g/mol. The van der Waals surface area contributed by atoms with Crippen LogP contribution in [0.3, 0.4) is 0 Å². The van der Waals surface area contributed by atoms with Gasteiger partial charge in [-0.1, -0.05) is 17.7 Å². The second-order valence-corrected chi connectivity index (χ2v) is 10.9. The van der Waals surface area contributed by atoms with Crippen LogP contribution >= 0.6 is 22.9 Å². The number of aryl methyl sites for hydroxylation is 2. The van der Waals surface area contributed by atoms with Gasteiger partial charge in [-0.2, -0.15) is 0 Å². The van der Waals surface area contributed by atoms with Crippen molar-refractivity contribution in [1.29, 1.82) is 0 Å². The van der Waals surface area contributed by atoms with Gasteiger partial charge in [-0.25, -0.2) is 13.2 Å². The van der Waals surface area contributed by atoms with Crippen LogP contribution in [0.25, 0.3) is 11.1 Å². The SMILES string of the molecule is COC(=O)c1ccc(CS(=O)(=O)c2cc(-c3cc(C)c(OC)c(C)c3)c(Cl)s2)cc1O. The molecular formula is C22H21ClO6S2. The minimum absolute atomic E-state index is 0.0321. The van der Waals surface area contributed by atoms with Crippen LogP contribution in [-0.2, 0) is 20.3 Å². The summed E-state index contributed by atoms with van der Waals surface area (Å²) in [6.07, 6.45) is 0. The minimum atomic E-state index is -3.73. The van der Waals surface area contributed by atoms with Crippen molar-refractivity contribution in [3.05, 3.63) is 63.0 Å². The Morgan fingerprint density at radius 3 is 2.29 bits per heavy atom. The van der Waals surface area contributed by atoms with Gasteiger partial charge in [-0.3, -0.25) is 0 Å². The van der Waals surface area contributed by atoms with E-state index in [4.69, 9.17) is 16.3 Å². The van der Waals surface area contributed by atoms with E-state index < -0.39 is 15.8 Å². The number of carbonyl (C=O) groups excluding carboxylic acids is 1. The Morgan fingerprint density at radius 2 is 1.74 bits per heavy atom. The summed E-state index contributed by atoms with van der Waals surface area (Å²) in [6.45, 7) is 3.83. The average Bonchev–Trinajstić information content (AvgIpc) is 3.09. The molecule has 0 aliphatic rings. The molecule has 164 valence electrons. The van der Waals surface area contributed by atoms with Gasteiger partial charge < -0.3 is 14.6 Å². The predicted molar refractivity (Wildman–Crippen MR) is 121 cm³/mol. The summed E-state index contributed by atoms with van der Waals surface area (Å²) < 4.78 is 36.4. The zero-order valence-electron chi connectivity index (χ0n) is 17.4. The van der Waals surface area contributed by atoms with Crippen molar-refractivity contribution >= 4 is 38.7 Å². The number of sulfone groups is 1. The molecule has 2 aromatic carbocycles. The number of hydrogen-bond donors (Lipinski definition) is 1. The van der Waals surface area contributed by atoms with E-state index in [1.165, 1.54) is 25.3 Å². The molecule has 31 heavy (non-hydrogen) atoms. The van der Waals surface area contributed by atoms with Gasteiger partial charge in [0.2, 0.25) is 0 Å². The molecular weight excluding hydrogens is 460 g/mol. The molecule has 1 heterocycles. The van der Waals surface area contributed by atoms with Crippen LogP contribution in [-0.4, -0.2) is 33.7 Å². The van der Waals surface area contributed by atoms with Crippen molar-refractivity contribution in [1.82, 2.24) is 0 Å². The first-order chi connectivity index (χ1) is 14.6. The van der Waals surface area contributed by atoms with Crippen LogP contribution in [0.5, 0.6) is 11.5 Å². The summed E-state index contributed by atoms with van der Waals surface area (Å²) in [5, 5.41) is 10.0. The third kappa shape index (κ3) is 4.71. The number of ether oxygens (including phenoxy) is 2. The van der Waals surface area contributed by atoms with E-state index in [2.05, 4.69) is 4.74 Å². The Labute approximate surface area is 189 Å². The number of benzene rings is 2. The van der Waals surface area contributed by atoms with E-state index >= 15 is 0 Å². The number of phenols is 1. The van der Waals surface area contributed by atoms with Gasteiger partial charge in [0.25, 0.3) is 0 Å². The minimum Gasteiger partial charge on any atom is -0.507 e. The van der Waals surface area contributed by atoms with Gasteiger partial charge in [0.15, 0.2) is 9.84 Å². The molecule has 0 bridgehead atoms. The van der Waals surface area contributed by atoms with Gasteiger partial charge in [0.05, 0.1) is 20.0 Å². The number of thiophene rings is 1. The van der Waals surface area contributed by atoms with Gasteiger partial charge in [-0.05, 0) is 66.4 Å². The molecule has 0 saturated carbocycles. The maximum Gasteiger partial charge on any atom is 0.341 e. The summed E-state index contributed by atoms with van der Waals surface area (Å²) in [5.41, 5.74) is 3.58. The molecule has 0 saturated heterocycles. The quantitative estimate of drug-likeness (QED) is 0.490. The van der Waals surface area contributed by atoms with E-state index in [1.54, 1.807) is 13.2 Å². The maximum atomic E-state index is 13.0. The fraction of sp³-hybridized carbons (Fsp3) is 0.227. The van der Waals surface area contributed by atoms with Gasteiger partial charge in [0.1, 0.15) is 25.6 Å². The largest absolute Gasteiger partial charge is 0.507 e. The van der Waals surface area contributed by atoms with Crippen LogP contribution in [0.4, 0.5) is 0 Å². The summed E-state index contributed by atoms with van der Waals surface area (Å²) in [4.78, 5) is 11.6. The molecule has 0 aliphatic heterocycles. The smallest absolute Gasteiger partial charge is 0.341 e. The highest BCUT2D eigenvalue weighted by Gasteiger charge is 2.23. The van der Waals surface area contributed by atoms with Crippen molar-refractivity contribution in [2.24, 2.45) is 0 Å². The van der Waals surface area contributed by atoms with E-state index in [9.17, 15) is 18.3 Å². The van der Waals surface area contributed by atoms with E-state index in [1.807, 2.05) is 26.0 Å². The number of rotatable bonds is 6. The number of phenolic OH excluding ortho intramolecular Hbond substituents is 1. The Bertz CT molecular complexity index is 1240. The molecule has 0 spiro atoms. The fourth-order valence-electron chi connectivity index (χ4n) is 3.37. The number of esters is 1. The Hall–Kier alpha value is -2.55. The Balaban J connectivity index is 1.94. The maximum absolute atomic E-state index is 13.0. The van der Waals surface area contributed by atoms with Gasteiger partial charge in [-0.15, -0.1) is 11.3 Å². The molecule has 0 amide bonds. The molecule has 3 aromatic rings. The molecule has 9 heteroatoms. The lowest BCUT2D eigenvalue weighted by Crippen LogP contribution is -2.05. The third-order valence-electron chi connectivity index (χ3n) is 4.77. The normalized spacial score (nSPS) is 11.4. The van der Waals surface area contributed by atoms with Crippen LogP contribution in [0, 0.1) is 13.8 Å². The van der Waals surface area contributed by atoms with Gasteiger partial charge in [0, 0.05) is 5.56 Å². The summed E-state index contributed by atoms with van der Waals surface area (Å²) in [5.74, 6) is -0.614. The van der Waals surface area contributed by atoms with Crippen molar-refractivity contribution in [3.8, 4) is 22.6 Å². The lowest BCUT2D eigenvalue weighted by molar-refractivity contribution is 0.0597. The van der Waals surface area contributed by atoms with Crippen LogP contribution in [0.2, 0.25) is 4.34 Å². The first kappa shape index (κ1) is 23.1. The number of methoxy groups -OCH3 is 2. The first-order valence-electron chi connectivity index (χ1n) is 9.15. The highest BCUT2D eigenvalue weighted by Crippen LogP contribution is 2.41. The molecule has 0 aliphatic carbocycles. The van der Waals surface area contributed by atoms with Crippen molar-refractivity contribution < 1.29 is 27.8 Å². The Kier molecular flexibility index (Phi) is 6.64. The number of carbonyl (C=O) groups is 1. The molecule has 0 unspecified atom stereocenters. The summed E-state index contributed by atoms with van der Waals surface area (Å²) in [7, 11) is -0.927. The highest BCUT2D eigenvalue weighted by molar-refractivity contribution is 7.92. The number of hydrogen-bond acceptors (Lipinski definition) is 7. The van der Waals surface area contributed by atoms with E-state index in [-0.39, 0.29) is 21.3 Å². The summed E-state index contributed by atoms with van der Waals surface area (Å²) >= 11 is 7.38. The van der Waals surface area contributed by atoms with Gasteiger partial charge >= 0.3 is 5.97 Å². The lowest BCUT2D eigenvalue weighted by Gasteiger charge is -2.11. The molecule has 0 radical (unpaired) electrons. The molecule has 1 N–H and O–H groups in total. The molecule has 0 atom stereocenters. The third-order valence-corrected chi connectivity index (χ3v) is 8.38. The zero-order chi connectivity index (χ0) is 22.9. The number of aromatic hydroxyl groups is 1. The lowest BCUT2D eigenvalue weighted by atomic mass is 10.0. The second-order valence-electron chi connectivity index (χ2n) is 7.00. The monoisotopic (exact) mass is 480 g/mol. The van der Waals surface area contributed by atoms with Crippen molar-refractivity contribution in [3.63, 3.8) is 0 Å². The predicted octanol–water partition coefficient (Wildman–Crippen LogP) is 5.16. The molecule has 3 rings (SSSR count). The van der Waals surface area contributed by atoms with Crippen molar-refractivity contribution in [2.45, 2.75) is 23.8 Å². The van der Waals surface area contributed by atoms with Crippen LogP contribution < -0.4 is 4.74 Å². The van der Waals surface area contributed by atoms with Crippen LogP contribution in [0.1, 0.15) is 27.0 Å². The van der Waals surface area contributed by atoms with E-state index in [0.717, 1.165) is 33.8 Å². The molecule has 0 fully saturated rings. The molecule has 6 nitrogen and oxygen atoms in total. The highest BCUT2D eigenvalue weighted by atomic mass is 35.5.